The number of aliphatic hydroxyl groups excluding tert-OH is 1. The van der Waals surface area contributed by atoms with Crippen LogP contribution in [0, 0.1) is 0 Å². The molecule has 0 radical (unpaired) electrons. The van der Waals surface area contributed by atoms with Gasteiger partial charge in [0.15, 0.2) is 9.84 Å². The molecule has 3 N–H and O–H groups in total. The summed E-state index contributed by atoms with van der Waals surface area (Å²) in [6.07, 6.45) is -1.63. The van der Waals surface area contributed by atoms with Gasteiger partial charge in [0.2, 0.25) is 0 Å². The first-order valence-corrected chi connectivity index (χ1v) is 7.16. The van der Waals surface area contributed by atoms with E-state index in [9.17, 15) is 13.5 Å². The van der Waals surface area contributed by atoms with Crippen molar-refractivity contribution in [1.29, 1.82) is 0 Å². The van der Waals surface area contributed by atoms with Gasteiger partial charge in [-0.05, 0) is 17.7 Å². The minimum atomic E-state index is -3.17. The molecule has 0 aliphatic carbocycles. The number of sulfone groups is 1. The van der Waals surface area contributed by atoms with Crippen molar-refractivity contribution in [3.63, 3.8) is 0 Å². The van der Waals surface area contributed by atoms with Crippen molar-refractivity contribution in [3.8, 4) is 5.75 Å². The minimum absolute atomic E-state index is 0.132. The van der Waals surface area contributed by atoms with Crippen LogP contribution >= 0.6 is 0 Å². The summed E-state index contributed by atoms with van der Waals surface area (Å²) >= 11 is 0. The monoisotopic (exact) mass is 257 g/mol. The molecule has 1 heterocycles. The molecule has 1 aliphatic rings. The molecule has 2 atom stereocenters. The van der Waals surface area contributed by atoms with E-state index in [1.165, 1.54) is 0 Å². The van der Waals surface area contributed by atoms with Crippen molar-refractivity contribution in [2.24, 2.45) is 5.73 Å². The molecule has 0 spiro atoms. The predicted octanol–water partition coefficient (Wildman–Crippen LogP) is -0.318. The third-order valence-electron chi connectivity index (χ3n) is 2.72. The van der Waals surface area contributed by atoms with Gasteiger partial charge < -0.3 is 15.6 Å². The lowest BCUT2D eigenvalue weighted by Gasteiger charge is -2.15. The van der Waals surface area contributed by atoms with Gasteiger partial charge in [-0.1, -0.05) is 12.1 Å². The van der Waals surface area contributed by atoms with E-state index in [1.54, 1.807) is 12.1 Å². The molecule has 0 aromatic heterocycles. The highest BCUT2D eigenvalue weighted by atomic mass is 32.2. The third-order valence-corrected chi connectivity index (χ3v) is 4.40. The summed E-state index contributed by atoms with van der Waals surface area (Å²) in [6.45, 7) is 0.445. The minimum Gasteiger partial charge on any atom is -0.487 e. The molecule has 1 aromatic rings. The molecule has 1 fully saturated rings. The maximum atomic E-state index is 11.3. The summed E-state index contributed by atoms with van der Waals surface area (Å²) in [5.41, 5.74) is 6.43. The summed E-state index contributed by atoms with van der Waals surface area (Å²) in [4.78, 5) is 0. The number of nitrogens with two attached hydrogens (primary N) is 1. The summed E-state index contributed by atoms with van der Waals surface area (Å²) in [5.74, 6) is 0.189. The molecule has 5 nitrogen and oxygen atoms in total. The van der Waals surface area contributed by atoms with Gasteiger partial charge in [-0.15, -0.1) is 0 Å². The topological polar surface area (TPSA) is 89.6 Å². The van der Waals surface area contributed by atoms with Crippen LogP contribution in [-0.4, -0.2) is 37.2 Å². The Morgan fingerprint density at radius 1 is 1.29 bits per heavy atom. The SMILES string of the molecule is NCc1ccc(OC2CS(=O)(=O)CC2O)cc1. The van der Waals surface area contributed by atoms with Gasteiger partial charge in [-0.25, -0.2) is 8.42 Å². The Morgan fingerprint density at radius 2 is 1.94 bits per heavy atom. The second kappa shape index (κ2) is 4.64. The zero-order valence-electron chi connectivity index (χ0n) is 9.24. The number of benzene rings is 1. The van der Waals surface area contributed by atoms with Gasteiger partial charge in [0, 0.05) is 6.54 Å². The van der Waals surface area contributed by atoms with Crippen molar-refractivity contribution in [2.45, 2.75) is 18.8 Å². The Hall–Kier alpha value is -1.11. The lowest BCUT2D eigenvalue weighted by atomic mass is 10.2. The van der Waals surface area contributed by atoms with Gasteiger partial charge in [-0.3, -0.25) is 0 Å². The fourth-order valence-corrected chi connectivity index (χ4v) is 3.45. The maximum absolute atomic E-state index is 11.3. The average molecular weight is 257 g/mol. The Balaban J connectivity index is 2.06. The molecule has 0 amide bonds. The zero-order chi connectivity index (χ0) is 12.5. The largest absolute Gasteiger partial charge is 0.487 e. The average Bonchev–Trinajstić information content (AvgIpc) is 2.53. The van der Waals surface area contributed by atoms with Crippen LogP contribution in [0.15, 0.2) is 24.3 Å². The van der Waals surface area contributed by atoms with E-state index < -0.39 is 22.0 Å². The molecule has 6 heteroatoms. The summed E-state index contributed by atoms with van der Waals surface area (Å²) in [6, 6.07) is 7.07. The van der Waals surface area contributed by atoms with E-state index in [0.717, 1.165) is 5.56 Å². The highest BCUT2D eigenvalue weighted by Crippen LogP contribution is 2.20. The van der Waals surface area contributed by atoms with Crippen molar-refractivity contribution in [1.82, 2.24) is 0 Å². The summed E-state index contributed by atoms with van der Waals surface area (Å²) in [7, 11) is -3.17. The molecule has 1 aliphatic heterocycles. The van der Waals surface area contributed by atoms with Crippen molar-refractivity contribution in [2.75, 3.05) is 11.5 Å². The van der Waals surface area contributed by atoms with Gasteiger partial charge >= 0.3 is 0 Å². The fraction of sp³-hybridized carbons (Fsp3) is 0.455. The Labute approximate surface area is 100 Å². The fourth-order valence-electron chi connectivity index (χ4n) is 1.79. The van der Waals surface area contributed by atoms with Crippen molar-refractivity contribution < 1.29 is 18.3 Å². The standard InChI is InChI=1S/C11H15NO4S/c12-5-8-1-3-9(4-2-8)16-11-7-17(14,15)6-10(11)13/h1-4,10-11,13H,5-7,12H2. The zero-order valence-corrected chi connectivity index (χ0v) is 10.1. The quantitative estimate of drug-likeness (QED) is 0.774. The molecule has 1 saturated heterocycles. The van der Waals surface area contributed by atoms with Crippen LogP contribution in [0.2, 0.25) is 0 Å². The number of aliphatic hydroxyl groups is 1. The molecule has 2 unspecified atom stereocenters. The number of hydrogen-bond acceptors (Lipinski definition) is 5. The first-order chi connectivity index (χ1) is 8.00. The van der Waals surface area contributed by atoms with Crippen LogP contribution in [0.25, 0.3) is 0 Å². The van der Waals surface area contributed by atoms with E-state index in [1.807, 2.05) is 12.1 Å². The molecular formula is C11H15NO4S. The van der Waals surface area contributed by atoms with Crippen LogP contribution in [0.5, 0.6) is 5.75 Å². The normalized spacial score (nSPS) is 26.9. The van der Waals surface area contributed by atoms with Crippen molar-refractivity contribution >= 4 is 9.84 Å². The van der Waals surface area contributed by atoms with Gasteiger partial charge in [0.05, 0.1) is 11.5 Å². The second-order valence-electron chi connectivity index (χ2n) is 4.15. The lowest BCUT2D eigenvalue weighted by molar-refractivity contribution is 0.0738. The van der Waals surface area contributed by atoms with E-state index in [4.69, 9.17) is 10.5 Å². The van der Waals surface area contributed by atoms with Crippen LogP contribution < -0.4 is 10.5 Å². The molecule has 94 valence electrons. The Bertz CT molecular complexity index is 483. The molecule has 0 saturated carbocycles. The first-order valence-electron chi connectivity index (χ1n) is 5.34. The van der Waals surface area contributed by atoms with Gasteiger partial charge in [0.1, 0.15) is 18.0 Å². The van der Waals surface area contributed by atoms with Crippen molar-refractivity contribution in [3.05, 3.63) is 29.8 Å². The van der Waals surface area contributed by atoms with Crippen LogP contribution in [0.1, 0.15) is 5.56 Å². The Kier molecular flexibility index (Phi) is 3.37. The van der Waals surface area contributed by atoms with Crippen LogP contribution in [-0.2, 0) is 16.4 Å². The number of ether oxygens (including phenoxy) is 1. The predicted molar refractivity (Wildman–Crippen MR) is 63.4 cm³/mol. The van der Waals surface area contributed by atoms with Crippen LogP contribution in [0.4, 0.5) is 0 Å². The molecular weight excluding hydrogens is 242 g/mol. The van der Waals surface area contributed by atoms with E-state index >= 15 is 0 Å². The highest BCUT2D eigenvalue weighted by molar-refractivity contribution is 7.91. The third kappa shape index (κ3) is 2.96. The molecule has 17 heavy (non-hydrogen) atoms. The highest BCUT2D eigenvalue weighted by Gasteiger charge is 2.38. The van der Waals surface area contributed by atoms with E-state index in [2.05, 4.69) is 0 Å². The molecule has 2 rings (SSSR count). The molecule has 1 aromatic carbocycles. The van der Waals surface area contributed by atoms with Crippen LogP contribution in [0.3, 0.4) is 0 Å². The smallest absolute Gasteiger partial charge is 0.156 e. The second-order valence-corrected chi connectivity index (χ2v) is 6.30. The number of hydrogen-bond donors (Lipinski definition) is 2. The summed E-state index contributed by atoms with van der Waals surface area (Å²) < 4.78 is 28.0. The van der Waals surface area contributed by atoms with E-state index in [-0.39, 0.29) is 11.5 Å². The Morgan fingerprint density at radius 3 is 2.41 bits per heavy atom. The van der Waals surface area contributed by atoms with Gasteiger partial charge in [0.25, 0.3) is 0 Å². The van der Waals surface area contributed by atoms with E-state index in [0.29, 0.717) is 12.3 Å². The first kappa shape index (κ1) is 12.3. The lowest BCUT2D eigenvalue weighted by Crippen LogP contribution is -2.29. The number of rotatable bonds is 3. The molecule has 0 bridgehead atoms. The van der Waals surface area contributed by atoms with Gasteiger partial charge in [-0.2, -0.15) is 0 Å². The maximum Gasteiger partial charge on any atom is 0.156 e. The summed E-state index contributed by atoms with van der Waals surface area (Å²) in [5, 5.41) is 9.56.